The second-order valence-corrected chi connectivity index (χ2v) is 8.41. The van der Waals surface area contributed by atoms with Crippen LogP contribution in [0.15, 0.2) is 53.0 Å². The SMILES string of the molecule is Cc1ccc(CNC(=O)C2CCN(Cc3ccc(Br)cc3)CC2)cc1.O=C(O)C(=O)O. The summed E-state index contributed by atoms with van der Waals surface area (Å²) in [4.78, 5) is 33.0. The average Bonchev–Trinajstić information content (AvgIpc) is 2.75. The number of nitrogens with zero attached hydrogens (tertiary/aromatic N) is 1. The van der Waals surface area contributed by atoms with Crippen LogP contribution in [0.5, 0.6) is 0 Å². The van der Waals surface area contributed by atoms with Crippen LogP contribution >= 0.6 is 15.9 Å². The molecule has 2 aromatic rings. The maximum Gasteiger partial charge on any atom is 0.414 e. The van der Waals surface area contributed by atoms with E-state index in [2.05, 4.69) is 81.6 Å². The minimum atomic E-state index is -1.82. The summed E-state index contributed by atoms with van der Waals surface area (Å²) in [6, 6.07) is 16.8. The lowest BCUT2D eigenvalue weighted by Crippen LogP contribution is -2.40. The van der Waals surface area contributed by atoms with Crippen LogP contribution in [-0.2, 0) is 27.5 Å². The number of aliphatic carboxylic acids is 2. The molecule has 166 valence electrons. The number of carbonyl (C=O) groups excluding carboxylic acids is 1. The molecule has 0 spiro atoms. The van der Waals surface area contributed by atoms with E-state index < -0.39 is 11.9 Å². The second-order valence-electron chi connectivity index (χ2n) is 7.49. The van der Waals surface area contributed by atoms with Crippen LogP contribution in [-0.4, -0.2) is 46.0 Å². The molecule has 31 heavy (non-hydrogen) atoms. The molecule has 1 aliphatic heterocycles. The van der Waals surface area contributed by atoms with Crippen molar-refractivity contribution in [1.29, 1.82) is 0 Å². The maximum atomic E-state index is 12.4. The number of rotatable bonds is 5. The Balaban J connectivity index is 0.000000501. The van der Waals surface area contributed by atoms with Crippen molar-refractivity contribution in [3.05, 3.63) is 69.7 Å². The molecule has 1 amide bonds. The zero-order valence-electron chi connectivity index (χ0n) is 17.4. The topological polar surface area (TPSA) is 107 Å². The Bertz CT molecular complexity index is 864. The van der Waals surface area contributed by atoms with Crippen LogP contribution in [0.25, 0.3) is 0 Å². The van der Waals surface area contributed by atoms with Gasteiger partial charge in [-0.25, -0.2) is 9.59 Å². The summed E-state index contributed by atoms with van der Waals surface area (Å²) in [5, 5.41) is 17.9. The van der Waals surface area contributed by atoms with Crippen molar-refractivity contribution in [3.8, 4) is 0 Å². The molecule has 7 nitrogen and oxygen atoms in total. The molecule has 2 aromatic carbocycles. The minimum Gasteiger partial charge on any atom is -0.473 e. The first-order valence-corrected chi connectivity index (χ1v) is 10.8. The molecule has 0 radical (unpaired) electrons. The molecule has 1 saturated heterocycles. The predicted octanol–water partition coefficient (Wildman–Crippen LogP) is 3.44. The zero-order chi connectivity index (χ0) is 22.8. The number of hydrogen-bond donors (Lipinski definition) is 3. The third-order valence-corrected chi connectivity index (χ3v) is 5.58. The van der Waals surface area contributed by atoms with Crippen molar-refractivity contribution in [2.45, 2.75) is 32.9 Å². The van der Waals surface area contributed by atoms with Gasteiger partial charge in [-0.1, -0.05) is 57.9 Å². The number of piperidine rings is 1. The Morgan fingerprint density at radius 3 is 1.97 bits per heavy atom. The van der Waals surface area contributed by atoms with Crippen molar-refractivity contribution < 1.29 is 24.6 Å². The molecule has 0 saturated carbocycles. The van der Waals surface area contributed by atoms with Gasteiger partial charge < -0.3 is 15.5 Å². The Morgan fingerprint density at radius 1 is 0.935 bits per heavy atom. The quantitative estimate of drug-likeness (QED) is 0.554. The van der Waals surface area contributed by atoms with E-state index in [1.165, 1.54) is 11.1 Å². The monoisotopic (exact) mass is 490 g/mol. The fraction of sp³-hybridized carbons (Fsp3) is 0.348. The van der Waals surface area contributed by atoms with E-state index in [-0.39, 0.29) is 11.8 Å². The number of amides is 1. The number of benzene rings is 2. The van der Waals surface area contributed by atoms with Crippen molar-refractivity contribution >= 4 is 33.8 Å². The number of likely N-dealkylation sites (tertiary alicyclic amines) is 1. The lowest BCUT2D eigenvalue weighted by Gasteiger charge is -2.31. The van der Waals surface area contributed by atoms with E-state index >= 15 is 0 Å². The number of carbonyl (C=O) groups is 3. The van der Waals surface area contributed by atoms with Crippen molar-refractivity contribution in [1.82, 2.24) is 10.2 Å². The number of hydrogen-bond acceptors (Lipinski definition) is 4. The Hall–Kier alpha value is -2.71. The number of aryl methyl sites for hydroxylation is 1. The molecule has 0 aromatic heterocycles. The fourth-order valence-electron chi connectivity index (χ4n) is 3.24. The van der Waals surface area contributed by atoms with Gasteiger partial charge in [0, 0.05) is 23.5 Å². The summed E-state index contributed by atoms with van der Waals surface area (Å²) in [5.74, 6) is -3.31. The molecule has 3 rings (SSSR count). The molecule has 0 aliphatic carbocycles. The van der Waals surface area contributed by atoms with Gasteiger partial charge in [0.25, 0.3) is 0 Å². The molecular weight excluding hydrogens is 464 g/mol. The highest BCUT2D eigenvalue weighted by Gasteiger charge is 2.24. The highest BCUT2D eigenvalue weighted by molar-refractivity contribution is 9.10. The predicted molar refractivity (Wildman–Crippen MR) is 120 cm³/mol. The normalized spacial score (nSPS) is 14.3. The van der Waals surface area contributed by atoms with Crippen LogP contribution < -0.4 is 5.32 Å². The first-order chi connectivity index (χ1) is 14.7. The number of halogens is 1. The van der Waals surface area contributed by atoms with Crippen LogP contribution in [0.1, 0.15) is 29.5 Å². The van der Waals surface area contributed by atoms with Gasteiger partial charge in [-0.3, -0.25) is 9.69 Å². The number of carboxylic acids is 2. The third-order valence-electron chi connectivity index (χ3n) is 5.05. The highest BCUT2D eigenvalue weighted by atomic mass is 79.9. The molecule has 1 fully saturated rings. The van der Waals surface area contributed by atoms with Gasteiger partial charge in [0.2, 0.25) is 5.91 Å². The molecular formula is C23H27BrN2O5. The second kappa shape index (κ2) is 12.2. The molecule has 0 atom stereocenters. The van der Waals surface area contributed by atoms with E-state index in [9.17, 15) is 4.79 Å². The van der Waals surface area contributed by atoms with Crippen LogP contribution in [0.4, 0.5) is 0 Å². The Kier molecular flexibility index (Phi) is 9.68. The first-order valence-electron chi connectivity index (χ1n) is 10.0. The summed E-state index contributed by atoms with van der Waals surface area (Å²) in [6.45, 7) is 5.63. The van der Waals surface area contributed by atoms with Gasteiger partial charge in [0.1, 0.15) is 0 Å². The fourth-order valence-corrected chi connectivity index (χ4v) is 3.51. The average molecular weight is 491 g/mol. The zero-order valence-corrected chi connectivity index (χ0v) is 19.0. The molecule has 1 aliphatic rings. The van der Waals surface area contributed by atoms with Crippen LogP contribution in [0.2, 0.25) is 0 Å². The summed E-state index contributed by atoms with van der Waals surface area (Å²) < 4.78 is 1.11. The first kappa shape index (κ1) is 24.6. The maximum absolute atomic E-state index is 12.4. The molecule has 8 heteroatoms. The summed E-state index contributed by atoms with van der Waals surface area (Å²) in [6.07, 6.45) is 1.88. The van der Waals surface area contributed by atoms with Gasteiger partial charge in [-0.15, -0.1) is 0 Å². The summed E-state index contributed by atoms with van der Waals surface area (Å²) in [5.41, 5.74) is 3.73. The van der Waals surface area contributed by atoms with Crippen molar-refractivity contribution in [3.63, 3.8) is 0 Å². The standard InChI is InChI=1S/C21H25BrN2O.C2H2O4/c1-16-2-4-17(5-3-16)14-23-21(25)19-10-12-24(13-11-19)15-18-6-8-20(22)9-7-18;3-1(4)2(5)6/h2-9,19H,10-15H2,1H3,(H,23,25);(H,3,4)(H,5,6). The summed E-state index contributed by atoms with van der Waals surface area (Å²) in [7, 11) is 0. The molecule has 0 bridgehead atoms. The Morgan fingerprint density at radius 2 is 1.45 bits per heavy atom. The van der Waals surface area contributed by atoms with E-state index in [4.69, 9.17) is 19.8 Å². The Labute approximate surface area is 190 Å². The van der Waals surface area contributed by atoms with E-state index in [0.29, 0.717) is 6.54 Å². The van der Waals surface area contributed by atoms with Crippen LogP contribution in [0.3, 0.4) is 0 Å². The lowest BCUT2D eigenvalue weighted by atomic mass is 9.95. The number of nitrogens with one attached hydrogen (secondary N) is 1. The largest absolute Gasteiger partial charge is 0.473 e. The van der Waals surface area contributed by atoms with Crippen LogP contribution in [0, 0.1) is 12.8 Å². The van der Waals surface area contributed by atoms with Crippen molar-refractivity contribution in [2.24, 2.45) is 5.92 Å². The molecule has 1 heterocycles. The number of carboxylic acid groups (broad SMARTS) is 2. The van der Waals surface area contributed by atoms with Gasteiger partial charge >= 0.3 is 11.9 Å². The summed E-state index contributed by atoms with van der Waals surface area (Å²) >= 11 is 3.47. The lowest BCUT2D eigenvalue weighted by molar-refractivity contribution is -0.159. The molecule has 3 N–H and O–H groups in total. The van der Waals surface area contributed by atoms with Gasteiger partial charge in [0.05, 0.1) is 0 Å². The molecule has 0 unspecified atom stereocenters. The van der Waals surface area contributed by atoms with Gasteiger partial charge in [0.15, 0.2) is 0 Å². The van der Waals surface area contributed by atoms with Gasteiger partial charge in [-0.05, 0) is 56.1 Å². The third kappa shape index (κ3) is 8.90. The smallest absolute Gasteiger partial charge is 0.414 e. The van der Waals surface area contributed by atoms with Gasteiger partial charge in [-0.2, -0.15) is 0 Å². The minimum absolute atomic E-state index is 0.145. The van der Waals surface area contributed by atoms with E-state index in [1.54, 1.807) is 0 Å². The van der Waals surface area contributed by atoms with E-state index in [0.717, 1.165) is 42.5 Å². The van der Waals surface area contributed by atoms with E-state index in [1.807, 2.05) is 0 Å². The van der Waals surface area contributed by atoms with Crippen molar-refractivity contribution in [2.75, 3.05) is 13.1 Å². The highest BCUT2D eigenvalue weighted by Crippen LogP contribution is 2.20.